The number of benzene rings is 2. The number of rotatable bonds is 8. The van der Waals surface area contributed by atoms with Crippen molar-refractivity contribution < 1.29 is 4.39 Å². The molecule has 0 saturated carbocycles. The van der Waals surface area contributed by atoms with E-state index < -0.39 is 0 Å². The van der Waals surface area contributed by atoms with Crippen LogP contribution in [0.2, 0.25) is 0 Å². The Morgan fingerprint density at radius 2 is 1.93 bits per heavy atom. The van der Waals surface area contributed by atoms with Gasteiger partial charge in [-0.2, -0.15) is 0 Å². The van der Waals surface area contributed by atoms with Gasteiger partial charge < -0.3 is 15.2 Å². The first-order chi connectivity index (χ1) is 13.7. The van der Waals surface area contributed by atoms with Gasteiger partial charge in [-0.05, 0) is 36.1 Å². The molecule has 0 unspecified atom stereocenters. The van der Waals surface area contributed by atoms with E-state index in [-0.39, 0.29) is 29.8 Å². The van der Waals surface area contributed by atoms with Gasteiger partial charge in [0.25, 0.3) is 0 Å². The summed E-state index contributed by atoms with van der Waals surface area (Å²) in [7, 11) is 0. The molecular formula is C22H27FIN5. The lowest BCUT2D eigenvalue weighted by Crippen LogP contribution is -2.38. The SMILES string of the molecule is CCNC(=NCc1cccc(Cn2ccnc2)c1)NCCc1ccccc1F.I. The molecule has 0 saturated heterocycles. The van der Waals surface area contributed by atoms with Crippen LogP contribution in [-0.4, -0.2) is 28.6 Å². The van der Waals surface area contributed by atoms with Gasteiger partial charge in [-0.1, -0.05) is 42.5 Å². The van der Waals surface area contributed by atoms with Crippen molar-refractivity contribution in [2.24, 2.45) is 4.99 Å². The average molecular weight is 507 g/mol. The summed E-state index contributed by atoms with van der Waals surface area (Å²) in [5.74, 6) is 0.569. The number of aromatic nitrogens is 2. The minimum atomic E-state index is -0.166. The van der Waals surface area contributed by atoms with Crippen LogP contribution in [-0.2, 0) is 19.5 Å². The molecule has 3 rings (SSSR count). The van der Waals surface area contributed by atoms with Crippen LogP contribution in [0.4, 0.5) is 4.39 Å². The zero-order valence-electron chi connectivity index (χ0n) is 16.5. The van der Waals surface area contributed by atoms with Gasteiger partial charge in [-0.3, -0.25) is 0 Å². The Balaban J connectivity index is 0.00000300. The van der Waals surface area contributed by atoms with E-state index in [4.69, 9.17) is 0 Å². The first-order valence-electron chi connectivity index (χ1n) is 9.53. The zero-order valence-corrected chi connectivity index (χ0v) is 18.8. The van der Waals surface area contributed by atoms with E-state index in [0.717, 1.165) is 24.6 Å². The van der Waals surface area contributed by atoms with Gasteiger partial charge in [0.1, 0.15) is 5.82 Å². The van der Waals surface area contributed by atoms with Gasteiger partial charge in [0, 0.05) is 32.0 Å². The standard InChI is InChI=1S/C22H26FN5.HI/c1-2-25-22(26-11-10-20-8-3-4-9-21(20)23)27-15-18-6-5-7-19(14-18)16-28-13-12-24-17-28;/h3-9,12-14,17H,2,10-11,15-16H2,1H3,(H2,25,26,27);1H. The number of aliphatic imine (C=N–C) groups is 1. The van der Waals surface area contributed by atoms with Crippen molar-refractivity contribution in [2.45, 2.75) is 26.4 Å². The zero-order chi connectivity index (χ0) is 19.6. The third-order valence-corrected chi connectivity index (χ3v) is 4.32. The smallest absolute Gasteiger partial charge is 0.191 e. The van der Waals surface area contributed by atoms with Crippen LogP contribution in [0.5, 0.6) is 0 Å². The quantitative estimate of drug-likeness (QED) is 0.276. The van der Waals surface area contributed by atoms with Crippen LogP contribution in [0.15, 0.2) is 72.2 Å². The predicted octanol–water partition coefficient (Wildman–Crippen LogP) is 3.99. The monoisotopic (exact) mass is 507 g/mol. The summed E-state index contributed by atoms with van der Waals surface area (Å²) in [6.07, 6.45) is 6.16. The van der Waals surface area contributed by atoms with E-state index in [0.29, 0.717) is 25.1 Å². The van der Waals surface area contributed by atoms with Crippen LogP contribution >= 0.6 is 24.0 Å². The summed E-state index contributed by atoms with van der Waals surface area (Å²) in [5, 5.41) is 6.51. The first kappa shape index (κ1) is 22.9. The molecule has 2 aromatic carbocycles. The number of imidazole rings is 1. The van der Waals surface area contributed by atoms with Crippen molar-refractivity contribution in [3.8, 4) is 0 Å². The Morgan fingerprint density at radius 1 is 1.10 bits per heavy atom. The lowest BCUT2D eigenvalue weighted by atomic mass is 10.1. The molecule has 0 spiro atoms. The number of halogens is 2. The fraction of sp³-hybridized carbons (Fsp3) is 0.273. The van der Waals surface area contributed by atoms with Gasteiger partial charge in [0.15, 0.2) is 5.96 Å². The maximum absolute atomic E-state index is 13.7. The van der Waals surface area contributed by atoms with Crippen molar-refractivity contribution in [2.75, 3.05) is 13.1 Å². The number of nitrogens with zero attached hydrogens (tertiary/aromatic N) is 3. The molecule has 2 N–H and O–H groups in total. The van der Waals surface area contributed by atoms with E-state index in [2.05, 4.69) is 44.9 Å². The maximum atomic E-state index is 13.7. The van der Waals surface area contributed by atoms with E-state index >= 15 is 0 Å². The van der Waals surface area contributed by atoms with E-state index in [1.54, 1.807) is 12.3 Å². The first-order valence-corrected chi connectivity index (χ1v) is 9.53. The highest BCUT2D eigenvalue weighted by Crippen LogP contribution is 2.09. The molecule has 3 aromatic rings. The highest BCUT2D eigenvalue weighted by Gasteiger charge is 2.03. The normalized spacial score (nSPS) is 11.0. The number of guanidine groups is 1. The minimum Gasteiger partial charge on any atom is -0.357 e. The second kappa shape index (κ2) is 12.2. The third kappa shape index (κ3) is 7.49. The van der Waals surface area contributed by atoms with Crippen LogP contribution in [0, 0.1) is 5.82 Å². The molecule has 1 heterocycles. The molecule has 1 aromatic heterocycles. The topological polar surface area (TPSA) is 54.2 Å². The molecular weight excluding hydrogens is 480 g/mol. The van der Waals surface area contributed by atoms with Gasteiger partial charge in [0.05, 0.1) is 12.9 Å². The second-order valence-electron chi connectivity index (χ2n) is 6.52. The molecule has 7 heteroatoms. The Labute approximate surface area is 188 Å². The highest BCUT2D eigenvalue weighted by atomic mass is 127. The minimum absolute atomic E-state index is 0. The number of nitrogens with one attached hydrogen (secondary N) is 2. The summed E-state index contributed by atoms with van der Waals surface area (Å²) >= 11 is 0. The fourth-order valence-corrected chi connectivity index (χ4v) is 2.95. The van der Waals surface area contributed by atoms with Gasteiger partial charge in [-0.15, -0.1) is 24.0 Å². The predicted molar refractivity (Wildman–Crippen MR) is 126 cm³/mol. The summed E-state index contributed by atoms with van der Waals surface area (Å²) < 4.78 is 15.8. The maximum Gasteiger partial charge on any atom is 0.191 e. The summed E-state index contributed by atoms with van der Waals surface area (Å²) in [6, 6.07) is 15.3. The van der Waals surface area contributed by atoms with Crippen molar-refractivity contribution >= 4 is 29.9 Å². The Bertz CT molecular complexity index is 896. The summed E-state index contributed by atoms with van der Waals surface area (Å²) in [4.78, 5) is 8.73. The molecule has 0 aliphatic rings. The van der Waals surface area contributed by atoms with Gasteiger partial charge in [-0.25, -0.2) is 14.4 Å². The summed E-state index contributed by atoms with van der Waals surface area (Å²) in [6.45, 7) is 4.78. The lowest BCUT2D eigenvalue weighted by Gasteiger charge is -2.12. The van der Waals surface area contributed by atoms with Gasteiger partial charge in [0.2, 0.25) is 0 Å². The Kier molecular flexibility index (Phi) is 9.63. The largest absolute Gasteiger partial charge is 0.357 e. The molecule has 0 aliphatic carbocycles. The summed E-state index contributed by atoms with van der Waals surface area (Å²) in [5.41, 5.74) is 3.06. The number of hydrogen-bond donors (Lipinski definition) is 2. The fourth-order valence-electron chi connectivity index (χ4n) is 2.95. The van der Waals surface area contributed by atoms with Crippen molar-refractivity contribution in [1.29, 1.82) is 0 Å². The molecule has 0 atom stereocenters. The van der Waals surface area contributed by atoms with E-state index in [1.807, 2.05) is 36.1 Å². The van der Waals surface area contributed by atoms with Gasteiger partial charge >= 0.3 is 0 Å². The molecule has 29 heavy (non-hydrogen) atoms. The second-order valence-corrected chi connectivity index (χ2v) is 6.52. The molecule has 0 bridgehead atoms. The van der Waals surface area contributed by atoms with Crippen LogP contribution in [0.1, 0.15) is 23.6 Å². The highest BCUT2D eigenvalue weighted by molar-refractivity contribution is 14.0. The van der Waals surface area contributed by atoms with Crippen molar-refractivity contribution in [3.05, 3.63) is 89.8 Å². The van der Waals surface area contributed by atoms with E-state index in [1.165, 1.54) is 11.6 Å². The Hall–Kier alpha value is -2.42. The Morgan fingerprint density at radius 3 is 2.69 bits per heavy atom. The van der Waals surface area contributed by atoms with Crippen LogP contribution < -0.4 is 10.6 Å². The van der Waals surface area contributed by atoms with Crippen LogP contribution in [0.3, 0.4) is 0 Å². The molecule has 0 amide bonds. The molecule has 154 valence electrons. The third-order valence-electron chi connectivity index (χ3n) is 4.32. The van der Waals surface area contributed by atoms with E-state index in [9.17, 15) is 4.39 Å². The molecule has 5 nitrogen and oxygen atoms in total. The van der Waals surface area contributed by atoms with Crippen LogP contribution in [0.25, 0.3) is 0 Å². The molecule has 0 aliphatic heterocycles. The number of hydrogen-bond acceptors (Lipinski definition) is 2. The van der Waals surface area contributed by atoms with Crippen molar-refractivity contribution in [3.63, 3.8) is 0 Å². The molecule has 0 radical (unpaired) electrons. The molecule has 0 fully saturated rings. The average Bonchev–Trinajstić information content (AvgIpc) is 3.21. The van der Waals surface area contributed by atoms with Crippen molar-refractivity contribution in [1.82, 2.24) is 20.2 Å². The lowest BCUT2D eigenvalue weighted by molar-refractivity contribution is 0.606.